The number of rotatable bonds is 9. The van der Waals surface area contributed by atoms with Crippen LogP contribution in [0.3, 0.4) is 0 Å². The van der Waals surface area contributed by atoms with Crippen LogP contribution in [0.1, 0.15) is 86.7 Å². The minimum atomic E-state index is -1.64. The lowest BCUT2D eigenvalue weighted by Crippen LogP contribution is -2.36. The molecule has 0 aliphatic heterocycles. The van der Waals surface area contributed by atoms with Gasteiger partial charge in [0.25, 0.3) is 5.91 Å². The van der Waals surface area contributed by atoms with Gasteiger partial charge in [0.1, 0.15) is 11.9 Å². The summed E-state index contributed by atoms with van der Waals surface area (Å²) in [5, 5.41) is 20.7. The average Bonchev–Trinajstić information content (AvgIpc) is 2.85. The van der Waals surface area contributed by atoms with Crippen molar-refractivity contribution in [3.63, 3.8) is 0 Å². The van der Waals surface area contributed by atoms with E-state index in [0.29, 0.717) is 5.56 Å². The van der Waals surface area contributed by atoms with Gasteiger partial charge in [-0.3, -0.25) is 4.79 Å². The second-order valence-corrected chi connectivity index (χ2v) is 12.8. The first kappa shape index (κ1) is 30.9. The van der Waals surface area contributed by atoms with Crippen molar-refractivity contribution in [2.45, 2.75) is 79.4 Å². The summed E-state index contributed by atoms with van der Waals surface area (Å²) in [5.41, 5.74) is 7.40. The van der Waals surface area contributed by atoms with E-state index in [9.17, 15) is 14.7 Å². The van der Waals surface area contributed by atoms with E-state index in [1.807, 2.05) is 12.1 Å². The Morgan fingerprint density at radius 3 is 1.90 bits per heavy atom. The number of ether oxygens (including phenoxy) is 1. The van der Waals surface area contributed by atoms with Crippen molar-refractivity contribution < 1.29 is 24.5 Å². The van der Waals surface area contributed by atoms with Crippen LogP contribution in [-0.2, 0) is 10.2 Å². The molecule has 3 rings (SSSR count). The van der Waals surface area contributed by atoms with Gasteiger partial charge in [-0.15, -0.1) is 0 Å². The standard InChI is InChI=1S/C34H43NO5/c1-21-17-27(18-22(2)30(21)24-13-15-26(16-14-24)34(6,7)8)40-29(19-33(3,4)5)23-9-11-25(12-10-23)31(37)35-20-28(36)32(38)39/h9-18,28-29,36H,19-20H2,1-8H3,(H,35,37)(H,38,39). The Balaban J connectivity index is 1.84. The van der Waals surface area contributed by atoms with Crippen LogP contribution >= 0.6 is 0 Å². The first-order valence-electron chi connectivity index (χ1n) is 13.7. The molecule has 214 valence electrons. The van der Waals surface area contributed by atoms with Gasteiger partial charge in [0, 0.05) is 5.56 Å². The van der Waals surface area contributed by atoms with Crippen molar-refractivity contribution in [1.29, 1.82) is 0 Å². The van der Waals surface area contributed by atoms with Crippen LogP contribution in [0.2, 0.25) is 0 Å². The zero-order chi connectivity index (χ0) is 29.8. The molecule has 3 aromatic carbocycles. The highest BCUT2D eigenvalue weighted by atomic mass is 16.5. The number of carboxylic acids is 1. The predicted octanol–water partition coefficient (Wildman–Crippen LogP) is 7.00. The third-order valence-corrected chi connectivity index (χ3v) is 6.91. The van der Waals surface area contributed by atoms with Gasteiger partial charge < -0.3 is 20.3 Å². The topological polar surface area (TPSA) is 95.9 Å². The lowest BCUT2D eigenvalue weighted by atomic mass is 9.85. The zero-order valence-electron chi connectivity index (χ0n) is 25.0. The molecule has 0 saturated heterocycles. The highest BCUT2D eigenvalue weighted by Crippen LogP contribution is 2.37. The van der Waals surface area contributed by atoms with E-state index in [2.05, 4.69) is 97.1 Å². The van der Waals surface area contributed by atoms with Crippen LogP contribution in [0.4, 0.5) is 0 Å². The number of aryl methyl sites for hydroxylation is 2. The molecule has 0 spiro atoms. The van der Waals surface area contributed by atoms with E-state index < -0.39 is 18.0 Å². The minimum Gasteiger partial charge on any atom is -0.486 e. The summed E-state index contributed by atoms with van der Waals surface area (Å²) in [6.07, 6.45) is -1.12. The molecule has 6 nitrogen and oxygen atoms in total. The van der Waals surface area contributed by atoms with Gasteiger partial charge in [0.2, 0.25) is 0 Å². The Bertz CT molecular complexity index is 1310. The number of aliphatic carboxylic acids is 1. The molecule has 6 heteroatoms. The van der Waals surface area contributed by atoms with Gasteiger partial charge in [-0.2, -0.15) is 0 Å². The van der Waals surface area contributed by atoms with Gasteiger partial charge in [-0.1, -0.05) is 77.9 Å². The van der Waals surface area contributed by atoms with E-state index in [0.717, 1.165) is 28.9 Å². The number of hydrogen-bond donors (Lipinski definition) is 3. The first-order valence-corrected chi connectivity index (χ1v) is 13.7. The Hall–Kier alpha value is -3.64. The molecule has 0 aromatic heterocycles. The fourth-order valence-corrected chi connectivity index (χ4v) is 4.76. The molecule has 0 aliphatic carbocycles. The molecule has 1 amide bonds. The van der Waals surface area contributed by atoms with Crippen LogP contribution in [0.25, 0.3) is 11.1 Å². The molecular formula is C34H43NO5. The van der Waals surface area contributed by atoms with Crippen LogP contribution in [0, 0.1) is 19.3 Å². The van der Waals surface area contributed by atoms with E-state index in [4.69, 9.17) is 9.84 Å². The number of carbonyl (C=O) groups excluding carboxylic acids is 1. The van der Waals surface area contributed by atoms with Crippen molar-refractivity contribution in [3.8, 4) is 16.9 Å². The second kappa shape index (κ2) is 12.3. The molecule has 2 unspecified atom stereocenters. The van der Waals surface area contributed by atoms with Crippen molar-refractivity contribution >= 4 is 11.9 Å². The predicted molar refractivity (Wildman–Crippen MR) is 160 cm³/mol. The minimum absolute atomic E-state index is 0.00743. The SMILES string of the molecule is Cc1cc(OC(CC(C)(C)C)c2ccc(C(=O)NCC(O)C(=O)O)cc2)cc(C)c1-c1ccc(C(C)(C)C)cc1. The number of carboxylic acid groups (broad SMARTS) is 1. The third-order valence-electron chi connectivity index (χ3n) is 6.91. The number of benzene rings is 3. The van der Waals surface area contributed by atoms with Gasteiger partial charge in [0.15, 0.2) is 6.10 Å². The smallest absolute Gasteiger partial charge is 0.334 e. The zero-order valence-corrected chi connectivity index (χ0v) is 25.0. The maximum absolute atomic E-state index is 12.4. The Labute approximate surface area is 238 Å². The summed E-state index contributed by atoms with van der Waals surface area (Å²) < 4.78 is 6.60. The van der Waals surface area contributed by atoms with Crippen molar-refractivity contribution in [3.05, 3.63) is 88.5 Å². The summed E-state index contributed by atoms with van der Waals surface area (Å²) in [6, 6.07) is 20.1. The largest absolute Gasteiger partial charge is 0.486 e. The molecule has 3 N–H and O–H groups in total. The van der Waals surface area contributed by atoms with E-state index in [-0.39, 0.29) is 23.5 Å². The van der Waals surface area contributed by atoms with Gasteiger partial charge in [-0.25, -0.2) is 4.79 Å². The number of nitrogens with one attached hydrogen (secondary N) is 1. The summed E-state index contributed by atoms with van der Waals surface area (Å²) >= 11 is 0. The molecule has 0 fully saturated rings. The Kier molecular flexibility index (Phi) is 9.47. The molecule has 3 aromatic rings. The second-order valence-electron chi connectivity index (χ2n) is 12.8. The maximum Gasteiger partial charge on any atom is 0.334 e. The number of amides is 1. The van der Waals surface area contributed by atoms with Crippen molar-refractivity contribution in [2.24, 2.45) is 5.41 Å². The lowest BCUT2D eigenvalue weighted by molar-refractivity contribution is -0.146. The molecule has 0 saturated carbocycles. The number of carbonyl (C=O) groups is 2. The Morgan fingerprint density at radius 2 is 1.43 bits per heavy atom. The van der Waals surface area contributed by atoms with Crippen LogP contribution in [0.5, 0.6) is 5.75 Å². The van der Waals surface area contributed by atoms with Crippen LogP contribution in [0.15, 0.2) is 60.7 Å². The quantitative estimate of drug-likeness (QED) is 0.269. The normalized spacial score (nSPS) is 13.4. The van der Waals surface area contributed by atoms with Gasteiger partial charge in [0.05, 0.1) is 6.54 Å². The average molecular weight is 546 g/mol. The molecule has 0 heterocycles. The highest BCUT2D eigenvalue weighted by molar-refractivity contribution is 5.94. The van der Waals surface area contributed by atoms with Crippen molar-refractivity contribution in [2.75, 3.05) is 6.54 Å². The van der Waals surface area contributed by atoms with Gasteiger partial charge in [-0.05, 0) is 88.7 Å². The number of aliphatic hydroxyl groups is 1. The lowest BCUT2D eigenvalue weighted by Gasteiger charge is -2.28. The van der Waals surface area contributed by atoms with Gasteiger partial charge >= 0.3 is 5.97 Å². The monoisotopic (exact) mass is 545 g/mol. The fraction of sp³-hybridized carbons (Fsp3) is 0.412. The Morgan fingerprint density at radius 1 is 0.875 bits per heavy atom. The van der Waals surface area contributed by atoms with E-state index in [1.54, 1.807) is 12.1 Å². The number of aliphatic hydroxyl groups excluding tert-OH is 1. The molecule has 0 aliphatic rings. The third kappa shape index (κ3) is 8.18. The summed E-state index contributed by atoms with van der Waals surface area (Å²) in [5.74, 6) is -1.03. The van der Waals surface area contributed by atoms with Crippen LogP contribution in [-0.4, -0.2) is 34.7 Å². The maximum atomic E-state index is 12.4. The van der Waals surface area contributed by atoms with E-state index >= 15 is 0 Å². The molecule has 40 heavy (non-hydrogen) atoms. The molecule has 2 atom stereocenters. The highest BCUT2D eigenvalue weighted by Gasteiger charge is 2.24. The first-order chi connectivity index (χ1) is 18.5. The molecule has 0 radical (unpaired) electrons. The van der Waals surface area contributed by atoms with E-state index in [1.165, 1.54) is 16.7 Å². The summed E-state index contributed by atoms with van der Waals surface area (Å²) in [6.45, 7) is 17.0. The molecule has 0 bridgehead atoms. The summed E-state index contributed by atoms with van der Waals surface area (Å²) in [7, 11) is 0. The van der Waals surface area contributed by atoms with Crippen LogP contribution < -0.4 is 10.1 Å². The fourth-order valence-electron chi connectivity index (χ4n) is 4.76. The summed E-state index contributed by atoms with van der Waals surface area (Å²) in [4.78, 5) is 23.2. The number of hydrogen-bond acceptors (Lipinski definition) is 4. The van der Waals surface area contributed by atoms with Crippen molar-refractivity contribution in [1.82, 2.24) is 5.32 Å². The molecular weight excluding hydrogens is 502 g/mol.